The van der Waals surface area contributed by atoms with Gasteiger partial charge in [0, 0.05) is 30.0 Å². The van der Waals surface area contributed by atoms with E-state index in [0.717, 1.165) is 4.47 Å². The van der Waals surface area contributed by atoms with Crippen LogP contribution in [0.4, 0.5) is 0 Å². The van der Waals surface area contributed by atoms with Crippen molar-refractivity contribution >= 4 is 33.7 Å². The van der Waals surface area contributed by atoms with Gasteiger partial charge >= 0.3 is 0 Å². The Balaban J connectivity index is 1.43. The minimum atomic E-state index is -0.207. The van der Waals surface area contributed by atoms with Crippen molar-refractivity contribution in [2.24, 2.45) is 11.8 Å². The zero-order chi connectivity index (χ0) is 16.8. The van der Waals surface area contributed by atoms with E-state index in [-0.39, 0.29) is 35.6 Å². The van der Waals surface area contributed by atoms with Crippen LogP contribution in [0.2, 0.25) is 0 Å². The van der Waals surface area contributed by atoms with Gasteiger partial charge in [0.1, 0.15) is 0 Å². The first kappa shape index (κ1) is 15.5. The Labute approximate surface area is 147 Å². The number of carbonyl (C=O) groups excluding carboxylic acids is 3. The third-order valence-corrected chi connectivity index (χ3v) is 5.44. The zero-order valence-corrected chi connectivity index (χ0v) is 14.5. The van der Waals surface area contributed by atoms with E-state index in [0.29, 0.717) is 31.5 Å². The molecule has 0 spiro atoms. The number of fused-ring (bicyclic) bond motifs is 1. The number of imide groups is 1. The fourth-order valence-electron chi connectivity index (χ4n) is 3.68. The van der Waals surface area contributed by atoms with Gasteiger partial charge in [-0.1, -0.05) is 12.2 Å². The molecular formula is C17H16BrN3O3. The van der Waals surface area contributed by atoms with Crippen LogP contribution < -0.4 is 0 Å². The average Bonchev–Trinajstić information content (AvgIpc) is 2.79. The van der Waals surface area contributed by atoms with E-state index < -0.39 is 0 Å². The van der Waals surface area contributed by atoms with E-state index in [1.165, 1.54) is 11.1 Å². The first-order valence-corrected chi connectivity index (χ1v) is 8.77. The minimum absolute atomic E-state index is 0.0735. The first-order chi connectivity index (χ1) is 11.6. The molecule has 1 aliphatic carbocycles. The van der Waals surface area contributed by atoms with Crippen LogP contribution in [0.1, 0.15) is 23.2 Å². The van der Waals surface area contributed by atoms with Crippen molar-refractivity contribution in [1.82, 2.24) is 14.8 Å². The Morgan fingerprint density at radius 1 is 1.08 bits per heavy atom. The molecule has 2 fully saturated rings. The Morgan fingerprint density at radius 2 is 1.71 bits per heavy atom. The maximum absolute atomic E-state index is 12.5. The van der Waals surface area contributed by atoms with Gasteiger partial charge in [0.15, 0.2) is 0 Å². The normalized spacial score (nSPS) is 26.5. The van der Waals surface area contributed by atoms with Crippen molar-refractivity contribution in [3.63, 3.8) is 0 Å². The zero-order valence-electron chi connectivity index (χ0n) is 12.9. The number of aromatic nitrogens is 1. The third-order valence-electron chi connectivity index (χ3n) is 5.01. The molecule has 2 atom stereocenters. The summed E-state index contributed by atoms with van der Waals surface area (Å²) in [6, 6.07) is 1.52. The smallest absolute Gasteiger partial charge is 0.255 e. The van der Waals surface area contributed by atoms with Crippen LogP contribution in [0.3, 0.4) is 0 Å². The second kappa shape index (κ2) is 5.81. The number of amides is 3. The molecule has 0 N–H and O–H groups in total. The molecule has 2 saturated heterocycles. The maximum atomic E-state index is 12.5. The molecule has 3 heterocycles. The molecule has 6 nitrogen and oxygen atoms in total. The van der Waals surface area contributed by atoms with Crippen LogP contribution in [-0.2, 0) is 9.59 Å². The Bertz CT molecular complexity index is 731. The van der Waals surface area contributed by atoms with E-state index in [4.69, 9.17) is 0 Å². The van der Waals surface area contributed by atoms with Crippen molar-refractivity contribution < 1.29 is 14.4 Å². The average molecular weight is 390 g/mol. The van der Waals surface area contributed by atoms with E-state index >= 15 is 0 Å². The van der Waals surface area contributed by atoms with Gasteiger partial charge in [-0.15, -0.1) is 0 Å². The highest BCUT2D eigenvalue weighted by atomic mass is 79.9. The van der Waals surface area contributed by atoms with E-state index in [2.05, 4.69) is 20.9 Å². The molecule has 4 rings (SSSR count). The van der Waals surface area contributed by atoms with Gasteiger partial charge in [0.05, 0.1) is 23.4 Å². The number of hydrogen-bond acceptors (Lipinski definition) is 4. The SMILES string of the molecule is O=C(c1cncc(Br)c1)N1CC(N2C(=O)[C@H]3CC=CC[C@H]3C2=O)C1. The molecule has 0 bridgehead atoms. The van der Waals surface area contributed by atoms with Gasteiger partial charge in [-0.3, -0.25) is 24.3 Å². The summed E-state index contributed by atoms with van der Waals surface area (Å²) in [6.07, 6.45) is 8.38. The molecule has 7 heteroatoms. The standard InChI is InChI=1S/C17H16BrN3O3/c18-11-5-10(6-19-7-11)15(22)20-8-12(9-20)21-16(23)13-3-1-2-4-14(13)17(21)24/h1-2,5-7,12-14H,3-4,8-9H2/t13-,14+. The quantitative estimate of drug-likeness (QED) is 0.569. The first-order valence-electron chi connectivity index (χ1n) is 7.98. The van der Waals surface area contributed by atoms with E-state index in [1.807, 2.05) is 12.2 Å². The van der Waals surface area contributed by atoms with Crippen LogP contribution in [0, 0.1) is 11.8 Å². The number of allylic oxidation sites excluding steroid dienone is 2. The number of rotatable bonds is 2. The van der Waals surface area contributed by atoms with Gasteiger partial charge in [-0.2, -0.15) is 0 Å². The lowest BCUT2D eigenvalue weighted by molar-refractivity contribution is -0.145. The summed E-state index contributed by atoms with van der Waals surface area (Å²) in [5.41, 5.74) is 0.500. The van der Waals surface area contributed by atoms with Gasteiger partial charge in [-0.05, 0) is 34.8 Å². The Hall–Kier alpha value is -2.02. The predicted molar refractivity (Wildman–Crippen MR) is 88.8 cm³/mol. The van der Waals surface area contributed by atoms with E-state index in [9.17, 15) is 14.4 Å². The topological polar surface area (TPSA) is 70.6 Å². The van der Waals surface area contributed by atoms with E-state index in [1.54, 1.807) is 17.2 Å². The number of likely N-dealkylation sites (tertiary alicyclic amines) is 2. The second-order valence-electron chi connectivity index (χ2n) is 6.46. The summed E-state index contributed by atoms with van der Waals surface area (Å²) in [6.45, 7) is 0.797. The monoisotopic (exact) mass is 389 g/mol. The Kier molecular flexibility index (Phi) is 3.75. The molecule has 1 aromatic rings. The summed E-state index contributed by atoms with van der Waals surface area (Å²) in [7, 11) is 0. The molecule has 0 aromatic carbocycles. The van der Waals surface area contributed by atoms with Crippen molar-refractivity contribution in [3.05, 3.63) is 40.6 Å². The lowest BCUT2D eigenvalue weighted by Crippen LogP contribution is -2.62. The van der Waals surface area contributed by atoms with Crippen LogP contribution in [0.5, 0.6) is 0 Å². The highest BCUT2D eigenvalue weighted by Gasteiger charge is 2.52. The summed E-state index contributed by atoms with van der Waals surface area (Å²) in [5.74, 6) is -0.688. The van der Waals surface area contributed by atoms with Crippen molar-refractivity contribution in [3.8, 4) is 0 Å². The molecule has 0 radical (unpaired) electrons. The van der Waals surface area contributed by atoms with Crippen LogP contribution >= 0.6 is 15.9 Å². The number of carbonyl (C=O) groups is 3. The summed E-state index contributed by atoms with van der Waals surface area (Å²) in [4.78, 5) is 44.5. The van der Waals surface area contributed by atoms with Crippen molar-refractivity contribution in [2.75, 3.05) is 13.1 Å². The van der Waals surface area contributed by atoms with Crippen LogP contribution in [0.15, 0.2) is 35.1 Å². The van der Waals surface area contributed by atoms with Gasteiger partial charge in [0.25, 0.3) is 5.91 Å². The van der Waals surface area contributed by atoms with Gasteiger partial charge < -0.3 is 4.90 Å². The maximum Gasteiger partial charge on any atom is 0.255 e. The molecular weight excluding hydrogens is 374 g/mol. The van der Waals surface area contributed by atoms with Gasteiger partial charge in [-0.25, -0.2) is 0 Å². The summed E-state index contributed by atoms with van der Waals surface area (Å²) >= 11 is 3.30. The molecule has 24 heavy (non-hydrogen) atoms. The molecule has 3 aliphatic rings. The predicted octanol–water partition coefficient (Wildman–Crippen LogP) is 1.62. The molecule has 1 aromatic heterocycles. The van der Waals surface area contributed by atoms with Gasteiger partial charge in [0.2, 0.25) is 11.8 Å². The molecule has 0 saturated carbocycles. The fourth-order valence-corrected chi connectivity index (χ4v) is 4.05. The molecule has 124 valence electrons. The number of hydrogen-bond donors (Lipinski definition) is 0. The van der Waals surface area contributed by atoms with Crippen LogP contribution in [-0.4, -0.2) is 51.6 Å². The van der Waals surface area contributed by atoms with Crippen molar-refractivity contribution in [1.29, 1.82) is 0 Å². The molecule has 3 amide bonds. The molecule has 0 unspecified atom stereocenters. The van der Waals surface area contributed by atoms with Crippen molar-refractivity contribution in [2.45, 2.75) is 18.9 Å². The summed E-state index contributed by atoms with van der Waals surface area (Å²) < 4.78 is 0.742. The highest BCUT2D eigenvalue weighted by molar-refractivity contribution is 9.10. The lowest BCUT2D eigenvalue weighted by Gasteiger charge is -2.43. The van der Waals surface area contributed by atoms with Crippen LogP contribution in [0.25, 0.3) is 0 Å². The second-order valence-corrected chi connectivity index (χ2v) is 7.37. The number of nitrogens with zero attached hydrogens (tertiary/aromatic N) is 3. The Morgan fingerprint density at radius 3 is 2.29 bits per heavy atom. The highest BCUT2D eigenvalue weighted by Crippen LogP contribution is 2.37. The third kappa shape index (κ3) is 2.38. The summed E-state index contributed by atoms with van der Waals surface area (Å²) in [5, 5.41) is 0. The number of pyridine rings is 1. The number of halogens is 1. The lowest BCUT2D eigenvalue weighted by atomic mass is 9.85. The fraction of sp³-hybridized carbons (Fsp3) is 0.412. The largest absolute Gasteiger partial charge is 0.334 e. The molecule has 2 aliphatic heterocycles. The minimum Gasteiger partial charge on any atom is -0.334 e.